The number of nitrogens with one attached hydrogen (secondary N) is 2. The Kier molecular flexibility index (Phi) is 5.57. The van der Waals surface area contributed by atoms with E-state index in [-0.39, 0.29) is 29.0 Å². The lowest BCUT2D eigenvalue weighted by molar-refractivity contribution is -0.116. The lowest BCUT2D eigenvalue weighted by Crippen LogP contribution is -2.35. The molecular weight excluding hydrogens is 366 g/mol. The summed E-state index contributed by atoms with van der Waals surface area (Å²) in [7, 11) is -2.15. The maximum absolute atomic E-state index is 12.6. The molecule has 1 aliphatic carbocycles. The van der Waals surface area contributed by atoms with Gasteiger partial charge in [0, 0.05) is 24.3 Å². The zero-order valence-electron chi connectivity index (χ0n) is 14.9. The number of sulfonamides is 1. The Labute approximate surface area is 158 Å². The summed E-state index contributed by atoms with van der Waals surface area (Å²) in [5.41, 5.74) is 0.853. The molecule has 0 aromatic heterocycles. The second-order valence-electron chi connectivity index (χ2n) is 6.50. The average molecular weight is 387 g/mol. The van der Waals surface area contributed by atoms with Gasteiger partial charge in [-0.3, -0.25) is 9.59 Å². The molecule has 1 saturated carbocycles. The number of hydrogen-bond acceptors (Lipinski definition) is 4. The number of likely N-dealkylation sites (N-methyl/N-ethyl adjacent to an activating group) is 1. The highest BCUT2D eigenvalue weighted by atomic mass is 32.2. The minimum atomic E-state index is -3.64. The SMILES string of the molecule is CN(CC(=O)Nc1ccccc1)C(=O)c1cccc(S(=O)(=O)NC2CC2)c1. The van der Waals surface area contributed by atoms with Gasteiger partial charge >= 0.3 is 0 Å². The highest BCUT2D eigenvalue weighted by Crippen LogP contribution is 2.22. The molecule has 0 saturated heterocycles. The van der Waals surface area contributed by atoms with Gasteiger partial charge in [-0.25, -0.2) is 13.1 Å². The molecule has 0 bridgehead atoms. The molecule has 1 aliphatic rings. The number of para-hydroxylation sites is 1. The van der Waals surface area contributed by atoms with Gasteiger partial charge in [-0.1, -0.05) is 24.3 Å². The third kappa shape index (κ3) is 5.15. The Balaban J connectivity index is 1.66. The fourth-order valence-corrected chi connectivity index (χ4v) is 3.86. The van der Waals surface area contributed by atoms with E-state index in [0.717, 1.165) is 12.8 Å². The smallest absolute Gasteiger partial charge is 0.254 e. The lowest BCUT2D eigenvalue weighted by Gasteiger charge is -2.17. The molecule has 27 heavy (non-hydrogen) atoms. The molecule has 3 rings (SSSR count). The van der Waals surface area contributed by atoms with E-state index in [1.54, 1.807) is 24.3 Å². The Morgan fingerprint density at radius 2 is 1.78 bits per heavy atom. The first-order valence-electron chi connectivity index (χ1n) is 8.58. The Morgan fingerprint density at radius 1 is 1.07 bits per heavy atom. The van der Waals surface area contributed by atoms with Crippen LogP contribution in [0.1, 0.15) is 23.2 Å². The van der Waals surface area contributed by atoms with Gasteiger partial charge in [-0.05, 0) is 43.2 Å². The van der Waals surface area contributed by atoms with E-state index >= 15 is 0 Å². The van der Waals surface area contributed by atoms with Crippen LogP contribution in [0.25, 0.3) is 0 Å². The van der Waals surface area contributed by atoms with E-state index in [9.17, 15) is 18.0 Å². The van der Waals surface area contributed by atoms with Crippen molar-refractivity contribution >= 4 is 27.5 Å². The number of carbonyl (C=O) groups excluding carboxylic acids is 2. The summed E-state index contributed by atoms with van der Waals surface area (Å²) in [6.45, 7) is -0.148. The number of amides is 2. The standard InChI is InChI=1S/C19H21N3O4S/c1-22(13-18(23)20-15-7-3-2-4-8-15)19(24)14-6-5-9-17(12-14)27(25,26)21-16-10-11-16/h2-9,12,16,21H,10-11,13H2,1H3,(H,20,23). The molecule has 0 aliphatic heterocycles. The fourth-order valence-electron chi connectivity index (χ4n) is 2.51. The molecule has 2 aromatic rings. The van der Waals surface area contributed by atoms with Crippen LogP contribution < -0.4 is 10.0 Å². The quantitative estimate of drug-likeness (QED) is 0.758. The average Bonchev–Trinajstić information content (AvgIpc) is 3.45. The van der Waals surface area contributed by atoms with E-state index in [1.165, 1.54) is 36.2 Å². The van der Waals surface area contributed by atoms with Crippen LogP contribution in [0.15, 0.2) is 59.5 Å². The van der Waals surface area contributed by atoms with Crippen LogP contribution in [0, 0.1) is 0 Å². The van der Waals surface area contributed by atoms with Gasteiger partial charge in [0.15, 0.2) is 0 Å². The van der Waals surface area contributed by atoms with Crippen LogP contribution in [-0.2, 0) is 14.8 Å². The monoisotopic (exact) mass is 387 g/mol. The van der Waals surface area contributed by atoms with Gasteiger partial charge < -0.3 is 10.2 Å². The van der Waals surface area contributed by atoms with Gasteiger partial charge in [0.05, 0.1) is 11.4 Å². The van der Waals surface area contributed by atoms with Crippen molar-refractivity contribution in [3.8, 4) is 0 Å². The molecular formula is C19H21N3O4S. The van der Waals surface area contributed by atoms with Crippen molar-refractivity contribution in [1.82, 2.24) is 9.62 Å². The van der Waals surface area contributed by atoms with Crippen molar-refractivity contribution in [2.24, 2.45) is 0 Å². The van der Waals surface area contributed by atoms with Crippen molar-refractivity contribution in [2.75, 3.05) is 18.9 Å². The minimum absolute atomic E-state index is 0.0151. The van der Waals surface area contributed by atoms with Gasteiger partial charge in [-0.2, -0.15) is 0 Å². The predicted octanol–water partition coefficient (Wildman–Crippen LogP) is 1.84. The molecule has 7 nitrogen and oxygen atoms in total. The first-order chi connectivity index (χ1) is 12.8. The molecule has 8 heteroatoms. The fraction of sp³-hybridized carbons (Fsp3) is 0.263. The second kappa shape index (κ2) is 7.89. The zero-order valence-corrected chi connectivity index (χ0v) is 15.7. The minimum Gasteiger partial charge on any atom is -0.332 e. The second-order valence-corrected chi connectivity index (χ2v) is 8.21. The van der Waals surface area contributed by atoms with Crippen LogP contribution in [0.2, 0.25) is 0 Å². The Bertz CT molecular complexity index is 940. The lowest BCUT2D eigenvalue weighted by atomic mass is 10.2. The molecule has 2 aromatic carbocycles. The van der Waals surface area contributed by atoms with E-state index in [1.807, 2.05) is 6.07 Å². The summed E-state index contributed by atoms with van der Waals surface area (Å²) >= 11 is 0. The Morgan fingerprint density at radius 3 is 2.44 bits per heavy atom. The molecule has 0 unspecified atom stereocenters. The highest BCUT2D eigenvalue weighted by Gasteiger charge is 2.28. The molecule has 0 radical (unpaired) electrons. The number of benzene rings is 2. The van der Waals surface area contributed by atoms with E-state index < -0.39 is 15.9 Å². The van der Waals surface area contributed by atoms with Crippen LogP contribution >= 0.6 is 0 Å². The topological polar surface area (TPSA) is 95.6 Å². The van der Waals surface area contributed by atoms with E-state index in [0.29, 0.717) is 5.69 Å². The summed E-state index contributed by atoms with van der Waals surface area (Å²) in [6.07, 6.45) is 1.66. The summed E-state index contributed by atoms with van der Waals surface area (Å²) < 4.78 is 27.2. The third-order valence-electron chi connectivity index (χ3n) is 4.08. The van der Waals surface area contributed by atoms with Crippen LogP contribution in [0.3, 0.4) is 0 Å². The summed E-state index contributed by atoms with van der Waals surface area (Å²) in [5, 5.41) is 2.70. The van der Waals surface area contributed by atoms with Crippen LogP contribution in [-0.4, -0.2) is 44.8 Å². The van der Waals surface area contributed by atoms with Crippen molar-refractivity contribution in [1.29, 1.82) is 0 Å². The van der Waals surface area contributed by atoms with Crippen LogP contribution in [0.4, 0.5) is 5.69 Å². The molecule has 0 heterocycles. The van der Waals surface area contributed by atoms with Crippen LogP contribution in [0.5, 0.6) is 0 Å². The van der Waals surface area contributed by atoms with Crippen molar-refractivity contribution in [2.45, 2.75) is 23.8 Å². The molecule has 2 N–H and O–H groups in total. The van der Waals surface area contributed by atoms with Gasteiger partial charge in [0.25, 0.3) is 5.91 Å². The summed E-state index contributed by atoms with van der Waals surface area (Å²) in [6, 6.07) is 14.8. The van der Waals surface area contributed by atoms with Gasteiger partial charge in [0.2, 0.25) is 15.9 Å². The maximum atomic E-state index is 12.6. The molecule has 142 valence electrons. The number of carbonyl (C=O) groups is 2. The van der Waals surface area contributed by atoms with E-state index in [2.05, 4.69) is 10.0 Å². The maximum Gasteiger partial charge on any atom is 0.254 e. The summed E-state index contributed by atoms with van der Waals surface area (Å²) in [4.78, 5) is 26.0. The first-order valence-corrected chi connectivity index (χ1v) is 10.1. The van der Waals surface area contributed by atoms with Gasteiger partial charge in [-0.15, -0.1) is 0 Å². The molecule has 0 spiro atoms. The highest BCUT2D eigenvalue weighted by molar-refractivity contribution is 7.89. The normalized spacial score (nSPS) is 13.8. The van der Waals surface area contributed by atoms with Gasteiger partial charge in [0.1, 0.15) is 0 Å². The van der Waals surface area contributed by atoms with Crippen molar-refractivity contribution in [3.05, 3.63) is 60.2 Å². The molecule has 1 fully saturated rings. The van der Waals surface area contributed by atoms with E-state index in [4.69, 9.17) is 0 Å². The third-order valence-corrected chi connectivity index (χ3v) is 5.59. The number of hydrogen-bond donors (Lipinski definition) is 2. The largest absolute Gasteiger partial charge is 0.332 e. The zero-order chi connectivity index (χ0) is 19.4. The van der Waals surface area contributed by atoms with Crippen molar-refractivity contribution in [3.63, 3.8) is 0 Å². The molecule has 0 atom stereocenters. The number of anilines is 1. The predicted molar refractivity (Wildman–Crippen MR) is 102 cm³/mol. The number of rotatable bonds is 7. The van der Waals surface area contributed by atoms with Crippen molar-refractivity contribution < 1.29 is 18.0 Å². The summed E-state index contributed by atoms with van der Waals surface area (Å²) in [5.74, 6) is -0.766. The molecule has 2 amide bonds. The first kappa shape index (κ1) is 19.1. The number of nitrogens with zero attached hydrogens (tertiary/aromatic N) is 1. The Hall–Kier alpha value is -2.71.